The molecule has 0 amide bonds. The van der Waals surface area contributed by atoms with E-state index in [9.17, 15) is 0 Å². The number of benzene rings is 1. The Labute approximate surface area is 136 Å². The van der Waals surface area contributed by atoms with E-state index in [0.717, 1.165) is 5.56 Å². The zero-order valence-corrected chi connectivity index (χ0v) is 14.5. The first-order chi connectivity index (χ1) is 9.92. The van der Waals surface area contributed by atoms with Crippen LogP contribution in [0.25, 0.3) is 0 Å². The van der Waals surface area contributed by atoms with E-state index in [4.69, 9.17) is 37.4 Å². The molecule has 0 N–H and O–H groups in total. The number of methoxy groups -OCH3 is 2. The van der Waals surface area contributed by atoms with Crippen LogP contribution in [0.1, 0.15) is 31.7 Å². The van der Waals surface area contributed by atoms with E-state index >= 15 is 0 Å². The molecule has 5 heteroatoms. The number of ether oxygens (including phenoxy) is 3. The molecule has 0 saturated carbocycles. The highest BCUT2D eigenvalue weighted by Crippen LogP contribution is 2.49. The standard InChI is InChI=1S/C16H22Cl2O3/c1-8-9(2)21-10(3)13(8)14(17)11-6-7-12(19-4)15(18)16(11)20-5/h6-10,13-14H,1-5H3. The topological polar surface area (TPSA) is 27.7 Å². The van der Waals surface area contributed by atoms with Gasteiger partial charge in [-0.3, -0.25) is 0 Å². The molecular formula is C16H22Cl2O3. The molecule has 1 aliphatic heterocycles. The summed E-state index contributed by atoms with van der Waals surface area (Å²) in [6.45, 7) is 6.33. The number of hydrogen-bond donors (Lipinski definition) is 0. The van der Waals surface area contributed by atoms with Gasteiger partial charge in [0.05, 0.1) is 31.8 Å². The van der Waals surface area contributed by atoms with Crippen LogP contribution in [0.5, 0.6) is 11.5 Å². The predicted molar refractivity (Wildman–Crippen MR) is 85.8 cm³/mol. The summed E-state index contributed by atoms with van der Waals surface area (Å²) in [4.78, 5) is 0. The molecule has 0 radical (unpaired) electrons. The minimum Gasteiger partial charge on any atom is -0.495 e. The van der Waals surface area contributed by atoms with Crippen molar-refractivity contribution >= 4 is 23.2 Å². The molecule has 1 aliphatic rings. The molecule has 1 aromatic carbocycles. The summed E-state index contributed by atoms with van der Waals surface area (Å²) >= 11 is 13.1. The number of alkyl halides is 1. The van der Waals surface area contributed by atoms with E-state index in [1.807, 2.05) is 12.1 Å². The molecule has 0 aromatic heterocycles. The van der Waals surface area contributed by atoms with Crippen molar-refractivity contribution in [1.29, 1.82) is 0 Å². The van der Waals surface area contributed by atoms with Gasteiger partial charge in [-0.15, -0.1) is 11.6 Å². The van der Waals surface area contributed by atoms with Gasteiger partial charge in [0.15, 0.2) is 0 Å². The Morgan fingerprint density at radius 1 is 1.10 bits per heavy atom. The van der Waals surface area contributed by atoms with Crippen LogP contribution in [-0.4, -0.2) is 26.4 Å². The minimum atomic E-state index is -0.224. The van der Waals surface area contributed by atoms with Gasteiger partial charge in [0, 0.05) is 11.5 Å². The molecule has 21 heavy (non-hydrogen) atoms. The first kappa shape index (κ1) is 16.7. The fourth-order valence-corrected chi connectivity index (χ4v) is 4.07. The molecule has 3 nitrogen and oxygen atoms in total. The van der Waals surface area contributed by atoms with E-state index in [1.54, 1.807) is 14.2 Å². The summed E-state index contributed by atoms with van der Waals surface area (Å²) in [6, 6.07) is 3.74. The molecule has 0 aliphatic carbocycles. The zero-order chi connectivity index (χ0) is 15.7. The van der Waals surface area contributed by atoms with E-state index < -0.39 is 0 Å². The van der Waals surface area contributed by atoms with Gasteiger partial charge in [-0.25, -0.2) is 0 Å². The van der Waals surface area contributed by atoms with Crippen LogP contribution in [-0.2, 0) is 4.74 Å². The summed E-state index contributed by atoms with van der Waals surface area (Å²) in [5.74, 6) is 1.74. The molecule has 0 spiro atoms. The molecule has 2 rings (SSSR count). The van der Waals surface area contributed by atoms with Gasteiger partial charge >= 0.3 is 0 Å². The van der Waals surface area contributed by atoms with Crippen molar-refractivity contribution in [1.82, 2.24) is 0 Å². The van der Waals surface area contributed by atoms with Crippen LogP contribution in [0.15, 0.2) is 12.1 Å². The van der Waals surface area contributed by atoms with E-state index in [-0.39, 0.29) is 23.5 Å². The maximum Gasteiger partial charge on any atom is 0.145 e. The van der Waals surface area contributed by atoms with Crippen LogP contribution in [0.2, 0.25) is 5.02 Å². The van der Waals surface area contributed by atoms with Crippen molar-refractivity contribution in [3.8, 4) is 11.5 Å². The van der Waals surface area contributed by atoms with Crippen LogP contribution < -0.4 is 9.47 Å². The molecule has 1 fully saturated rings. The lowest BCUT2D eigenvalue weighted by atomic mass is 9.84. The SMILES string of the molecule is COc1ccc(C(Cl)C2C(C)OC(C)C2C)c(OC)c1Cl. The molecule has 5 unspecified atom stereocenters. The van der Waals surface area contributed by atoms with Gasteiger partial charge in [0.2, 0.25) is 0 Å². The summed E-state index contributed by atoms with van der Waals surface area (Å²) in [7, 11) is 3.17. The van der Waals surface area contributed by atoms with Gasteiger partial charge < -0.3 is 14.2 Å². The van der Waals surface area contributed by atoms with E-state index in [2.05, 4.69) is 20.8 Å². The molecule has 0 bridgehead atoms. The zero-order valence-electron chi connectivity index (χ0n) is 13.0. The molecule has 5 atom stereocenters. The summed E-state index contributed by atoms with van der Waals surface area (Å²) in [6.07, 6.45) is 0.300. The van der Waals surface area contributed by atoms with Gasteiger partial charge in [-0.05, 0) is 25.8 Å². The third-order valence-electron chi connectivity index (χ3n) is 4.47. The maximum atomic E-state index is 6.76. The lowest BCUT2D eigenvalue weighted by molar-refractivity contribution is 0.0507. The highest BCUT2D eigenvalue weighted by atomic mass is 35.5. The van der Waals surface area contributed by atoms with E-state index in [0.29, 0.717) is 22.4 Å². The Bertz CT molecular complexity index is 507. The van der Waals surface area contributed by atoms with Crippen molar-refractivity contribution in [2.24, 2.45) is 11.8 Å². The quantitative estimate of drug-likeness (QED) is 0.748. The van der Waals surface area contributed by atoms with Crippen molar-refractivity contribution < 1.29 is 14.2 Å². The Morgan fingerprint density at radius 3 is 2.24 bits per heavy atom. The van der Waals surface area contributed by atoms with Crippen molar-refractivity contribution in [2.45, 2.75) is 38.4 Å². The fraction of sp³-hybridized carbons (Fsp3) is 0.625. The van der Waals surface area contributed by atoms with Crippen molar-refractivity contribution in [2.75, 3.05) is 14.2 Å². The summed E-state index contributed by atoms with van der Waals surface area (Å²) in [5, 5.41) is 0.230. The van der Waals surface area contributed by atoms with E-state index in [1.165, 1.54) is 0 Å². The summed E-state index contributed by atoms with van der Waals surface area (Å²) < 4.78 is 16.6. The molecule has 1 saturated heterocycles. The lowest BCUT2D eigenvalue weighted by Crippen LogP contribution is -2.22. The number of rotatable bonds is 4. The Morgan fingerprint density at radius 2 is 1.76 bits per heavy atom. The highest BCUT2D eigenvalue weighted by Gasteiger charge is 2.42. The summed E-state index contributed by atoms with van der Waals surface area (Å²) in [5.41, 5.74) is 0.881. The van der Waals surface area contributed by atoms with Crippen molar-refractivity contribution in [3.05, 3.63) is 22.7 Å². The van der Waals surface area contributed by atoms with Crippen LogP contribution >= 0.6 is 23.2 Å². The molecule has 1 aromatic rings. The Balaban J connectivity index is 2.39. The predicted octanol–water partition coefficient (Wildman–Crippen LogP) is 4.70. The third-order valence-corrected chi connectivity index (χ3v) is 5.35. The van der Waals surface area contributed by atoms with Crippen molar-refractivity contribution in [3.63, 3.8) is 0 Å². The highest BCUT2D eigenvalue weighted by molar-refractivity contribution is 6.34. The second kappa shape index (κ2) is 6.64. The number of halogens is 2. The van der Waals surface area contributed by atoms with Gasteiger partial charge in [0.25, 0.3) is 0 Å². The second-order valence-corrected chi connectivity index (χ2v) is 6.44. The van der Waals surface area contributed by atoms with Gasteiger partial charge in [0.1, 0.15) is 16.5 Å². The molecular weight excluding hydrogens is 311 g/mol. The first-order valence-corrected chi connectivity index (χ1v) is 7.93. The average Bonchev–Trinajstić information content (AvgIpc) is 2.71. The Kier molecular flexibility index (Phi) is 5.29. The largest absolute Gasteiger partial charge is 0.495 e. The van der Waals surface area contributed by atoms with Crippen LogP contribution in [0.3, 0.4) is 0 Å². The smallest absolute Gasteiger partial charge is 0.145 e. The molecule has 118 valence electrons. The first-order valence-electron chi connectivity index (χ1n) is 7.12. The molecule has 1 heterocycles. The van der Waals surface area contributed by atoms with Crippen LogP contribution in [0.4, 0.5) is 0 Å². The monoisotopic (exact) mass is 332 g/mol. The minimum absolute atomic E-state index is 0.100. The number of hydrogen-bond acceptors (Lipinski definition) is 3. The van der Waals surface area contributed by atoms with Gasteiger partial charge in [-0.2, -0.15) is 0 Å². The maximum absolute atomic E-state index is 6.76. The lowest BCUT2D eigenvalue weighted by Gasteiger charge is -2.26. The van der Waals surface area contributed by atoms with Gasteiger partial charge in [-0.1, -0.05) is 24.6 Å². The second-order valence-electron chi connectivity index (χ2n) is 5.59. The Hall–Kier alpha value is -0.640. The average molecular weight is 333 g/mol. The normalized spacial score (nSPS) is 30.2. The van der Waals surface area contributed by atoms with Crippen LogP contribution in [0, 0.1) is 11.8 Å². The third kappa shape index (κ3) is 2.96. The fourth-order valence-electron chi connectivity index (χ4n) is 3.14.